The fraction of sp³-hybridized carbons (Fsp3) is 0.250. The summed E-state index contributed by atoms with van der Waals surface area (Å²) >= 11 is 6.99. The predicted molar refractivity (Wildman–Crippen MR) is 96.3 cm³/mol. The minimum atomic E-state index is -0.676. The van der Waals surface area contributed by atoms with Gasteiger partial charge in [0.2, 0.25) is 5.91 Å². The largest absolute Gasteiger partial charge is 0.452 e. The minimum absolute atomic E-state index is 0.259. The van der Waals surface area contributed by atoms with Crippen LogP contribution in [0.5, 0.6) is 0 Å². The Balaban J connectivity index is 2.01. The Morgan fingerprint density at radius 3 is 2.56 bits per heavy atom. The van der Waals surface area contributed by atoms with Crippen LogP contribution in [0.15, 0.2) is 18.3 Å². The summed E-state index contributed by atoms with van der Waals surface area (Å²) in [5.41, 5.74) is 0.966. The van der Waals surface area contributed by atoms with Crippen molar-refractivity contribution in [3.05, 3.63) is 39.4 Å². The van der Waals surface area contributed by atoms with Crippen LogP contribution >= 0.6 is 22.9 Å². The monoisotopic (exact) mass is 381 g/mol. The van der Waals surface area contributed by atoms with E-state index in [1.54, 1.807) is 13.0 Å². The first-order valence-corrected chi connectivity index (χ1v) is 8.43. The van der Waals surface area contributed by atoms with Crippen molar-refractivity contribution in [1.82, 2.24) is 4.98 Å². The molecule has 9 heteroatoms. The molecule has 0 spiro atoms. The number of esters is 1. The maximum absolute atomic E-state index is 12.3. The van der Waals surface area contributed by atoms with Gasteiger partial charge in [0.1, 0.15) is 10.8 Å². The number of carbonyl (C=O) groups is 3. The van der Waals surface area contributed by atoms with E-state index < -0.39 is 18.5 Å². The van der Waals surface area contributed by atoms with Gasteiger partial charge < -0.3 is 15.4 Å². The first-order chi connectivity index (χ1) is 11.8. The number of pyridine rings is 1. The molecule has 0 saturated heterocycles. The summed E-state index contributed by atoms with van der Waals surface area (Å²) in [6.45, 7) is 4.47. The molecule has 0 atom stereocenters. The quantitative estimate of drug-likeness (QED) is 0.775. The van der Waals surface area contributed by atoms with Crippen LogP contribution in [0, 0.1) is 13.8 Å². The number of ether oxygens (including phenoxy) is 1. The van der Waals surface area contributed by atoms with Gasteiger partial charge in [-0.2, -0.15) is 0 Å². The molecule has 2 aromatic heterocycles. The zero-order valence-corrected chi connectivity index (χ0v) is 15.4. The molecule has 0 aliphatic carbocycles. The Morgan fingerprint density at radius 2 is 1.96 bits per heavy atom. The number of anilines is 2. The highest BCUT2D eigenvalue weighted by molar-refractivity contribution is 7.16. The van der Waals surface area contributed by atoms with Crippen LogP contribution in [0.25, 0.3) is 0 Å². The van der Waals surface area contributed by atoms with Crippen LogP contribution in [0.3, 0.4) is 0 Å². The van der Waals surface area contributed by atoms with Gasteiger partial charge in [0.25, 0.3) is 5.91 Å². The summed E-state index contributed by atoms with van der Waals surface area (Å²) < 4.78 is 5.05. The molecule has 7 nitrogen and oxygen atoms in total. The zero-order valence-electron chi connectivity index (χ0n) is 13.8. The normalized spacial score (nSPS) is 10.2. The highest BCUT2D eigenvalue weighted by atomic mass is 35.5. The van der Waals surface area contributed by atoms with E-state index in [1.165, 1.54) is 30.5 Å². The second-order valence-corrected chi connectivity index (χ2v) is 6.82. The topological polar surface area (TPSA) is 97.4 Å². The lowest BCUT2D eigenvalue weighted by Crippen LogP contribution is -2.22. The van der Waals surface area contributed by atoms with Crippen LogP contribution in [0.4, 0.5) is 10.8 Å². The van der Waals surface area contributed by atoms with Gasteiger partial charge in [-0.25, -0.2) is 9.78 Å². The van der Waals surface area contributed by atoms with Gasteiger partial charge in [-0.05, 0) is 31.5 Å². The molecule has 2 heterocycles. The molecule has 2 aromatic rings. The fourth-order valence-corrected chi connectivity index (χ4v) is 3.16. The van der Waals surface area contributed by atoms with E-state index in [1.807, 2.05) is 6.92 Å². The number of nitrogens with one attached hydrogen (secondary N) is 2. The maximum Gasteiger partial charge on any atom is 0.341 e. The Kier molecular flexibility index (Phi) is 6.11. The van der Waals surface area contributed by atoms with Crippen LogP contribution in [0.2, 0.25) is 5.02 Å². The first kappa shape index (κ1) is 18.9. The molecule has 0 bridgehead atoms. The number of amides is 2. The molecule has 0 fully saturated rings. The third-order valence-corrected chi connectivity index (χ3v) is 4.55. The maximum atomic E-state index is 12.3. The number of rotatable bonds is 5. The molecule has 0 aromatic carbocycles. The van der Waals surface area contributed by atoms with E-state index in [4.69, 9.17) is 16.3 Å². The number of thiophene rings is 1. The molecule has 0 aliphatic heterocycles. The molecule has 0 radical (unpaired) electrons. The van der Waals surface area contributed by atoms with Gasteiger partial charge >= 0.3 is 5.97 Å². The van der Waals surface area contributed by atoms with E-state index >= 15 is 0 Å². The number of halogens is 1. The molecule has 132 valence electrons. The lowest BCUT2D eigenvalue weighted by Gasteiger charge is -2.08. The van der Waals surface area contributed by atoms with Crippen LogP contribution in [-0.4, -0.2) is 29.4 Å². The summed E-state index contributed by atoms with van der Waals surface area (Å²) in [4.78, 5) is 40.2. The van der Waals surface area contributed by atoms with Crippen LogP contribution in [0.1, 0.15) is 27.7 Å². The summed E-state index contributed by atoms with van der Waals surface area (Å²) in [7, 11) is 0. The van der Waals surface area contributed by atoms with E-state index in [9.17, 15) is 14.4 Å². The Hall–Kier alpha value is -2.45. The van der Waals surface area contributed by atoms with Crippen LogP contribution < -0.4 is 10.6 Å². The second kappa shape index (κ2) is 8.09. The lowest BCUT2D eigenvalue weighted by atomic mass is 10.1. The minimum Gasteiger partial charge on any atom is -0.452 e. The van der Waals surface area contributed by atoms with Gasteiger partial charge in [0, 0.05) is 18.0 Å². The van der Waals surface area contributed by atoms with Crippen molar-refractivity contribution < 1.29 is 19.1 Å². The molecule has 2 rings (SSSR count). The van der Waals surface area contributed by atoms with Gasteiger partial charge in [-0.3, -0.25) is 9.59 Å². The number of hydrogen-bond acceptors (Lipinski definition) is 6. The van der Waals surface area contributed by atoms with Gasteiger partial charge in [0.15, 0.2) is 6.61 Å². The Labute approximate surface area is 153 Å². The van der Waals surface area contributed by atoms with Gasteiger partial charge in [0.05, 0.1) is 10.6 Å². The van der Waals surface area contributed by atoms with Crippen molar-refractivity contribution in [2.24, 2.45) is 0 Å². The van der Waals surface area contributed by atoms with Gasteiger partial charge in [-0.1, -0.05) is 11.6 Å². The highest BCUT2D eigenvalue weighted by Gasteiger charge is 2.22. The number of hydrogen-bond donors (Lipinski definition) is 2. The van der Waals surface area contributed by atoms with Crippen molar-refractivity contribution >= 4 is 51.5 Å². The summed E-state index contributed by atoms with van der Waals surface area (Å²) in [6, 6.07) is 3.11. The molecule has 2 N–H and O–H groups in total. The molecule has 25 heavy (non-hydrogen) atoms. The number of aryl methyl sites for hydroxylation is 1. The molecular weight excluding hydrogens is 366 g/mol. The first-order valence-electron chi connectivity index (χ1n) is 7.24. The standard InChI is InChI=1S/C16H16ClN3O4S/c1-8-9(2)25-15(19-10(3)21)14(8)16(23)24-7-13(22)20-12-5-4-11(17)6-18-12/h4-6H,7H2,1-3H3,(H,19,21)(H,18,20,22). The molecule has 0 saturated carbocycles. The smallest absolute Gasteiger partial charge is 0.341 e. The average molecular weight is 382 g/mol. The lowest BCUT2D eigenvalue weighted by molar-refractivity contribution is -0.119. The van der Waals surface area contributed by atoms with Gasteiger partial charge in [-0.15, -0.1) is 11.3 Å². The second-order valence-electron chi connectivity index (χ2n) is 5.15. The van der Waals surface area contributed by atoms with Crippen molar-refractivity contribution in [3.63, 3.8) is 0 Å². The van der Waals surface area contributed by atoms with Crippen molar-refractivity contribution in [1.29, 1.82) is 0 Å². The third-order valence-electron chi connectivity index (χ3n) is 3.21. The third kappa shape index (κ3) is 5.01. The number of aromatic nitrogens is 1. The summed E-state index contributed by atoms with van der Waals surface area (Å²) in [5, 5.41) is 5.95. The Bertz CT molecular complexity index is 818. The number of carbonyl (C=O) groups excluding carboxylic acids is 3. The molecule has 2 amide bonds. The summed E-state index contributed by atoms with van der Waals surface area (Å²) in [5.74, 6) is -1.20. The van der Waals surface area contributed by atoms with E-state index in [0.29, 0.717) is 21.4 Å². The van der Waals surface area contributed by atoms with E-state index in [-0.39, 0.29) is 11.5 Å². The van der Waals surface area contributed by atoms with Crippen molar-refractivity contribution in [3.8, 4) is 0 Å². The van der Waals surface area contributed by atoms with Crippen molar-refractivity contribution in [2.75, 3.05) is 17.2 Å². The zero-order chi connectivity index (χ0) is 18.6. The van der Waals surface area contributed by atoms with Crippen molar-refractivity contribution in [2.45, 2.75) is 20.8 Å². The fourth-order valence-electron chi connectivity index (χ4n) is 1.95. The molecule has 0 aliphatic rings. The van der Waals surface area contributed by atoms with E-state index in [0.717, 1.165) is 4.88 Å². The average Bonchev–Trinajstić information content (AvgIpc) is 2.81. The molecule has 0 unspecified atom stereocenters. The van der Waals surface area contributed by atoms with Crippen LogP contribution in [-0.2, 0) is 14.3 Å². The van der Waals surface area contributed by atoms with E-state index in [2.05, 4.69) is 15.6 Å². The summed E-state index contributed by atoms with van der Waals surface area (Å²) in [6.07, 6.45) is 1.39. The highest BCUT2D eigenvalue weighted by Crippen LogP contribution is 2.32. The SMILES string of the molecule is CC(=O)Nc1sc(C)c(C)c1C(=O)OCC(=O)Nc1ccc(Cl)cn1. The number of nitrogens with zero attached hydrogens (tertiary/aromatic N) is 1. The Morgan fingerprint density at radius 1 is 1.24 bits per heavy atom. The predicted octanol–water partition coefficient (Wildman–Crippen LogP) is 3.17. The molecular formula is C16H16ClN3O4S.